The lowest BCUT2D eigenvalue weighted by Gasteiger charge is -2.26. The first kappa shape index (κ1) is 11.5. The summed E-state index contributed by atoms with van der Waals surface area (Å²) in [6.45, 7) is 0. The highest BCUT2D eigenvalue weighted by molar-refractivity contribution is 9.10. The molecule has 1 aliphatic carbocycles. The van der Waals surface area contributed by atoms with Gasteiger partial charge in [0.05, 0.1) is 6.07 Å². The highest BCUT2D eigenvalue weighted by Gasteiger charge is 2.20. The number of halogens is 1. The zero-order chi connectivity index (χ0) is 11.4. The van der Waals surface area contributed by atoms with E-state index >= 15 is 0 Å². The molecule has 0 radical (unpaired) electrons. The van der Waals surface area contributed by atoms with Gasteiger partial charge in [0, 0.05) is 22.1 Å². The lowest BCUT2D eigenvalue weighted by molar-refractivity contribution is 0.397. The van der Waals surface area contributed by atoms with Crippen molar-refractivity contribution in [1.29, 1.82) is 5.26 Å². The molecule has 0 atom stereocenters. The number of rotatable bonds is 2. The van der Waals surface area contributed by atoms with Gasteiger partial charge in [-0.3, -0.25) is 0 Å². The van der Waals surface area contributed by atoms with Crippen LogP contribution in [0.25, 0.3) is 0 Å². The van der Waals surface area contributed by atoms with E-state index in [1.807, 2.05) is 18.2 Å². The molecule has 2 rings (SSSR count). The van der Waals surface area contributed by atoms with Gasteiger partial charge in [-0.1, -0.05) is 12.1 Å². The Morgan fingerprint density at radius 3 is 2.50 bits per heavy atom. The molecular formula is C13H15BrN2. The average molecular weight is 279 g/mol. The summed E-state index contributed by atoms with van der Waals surface area (Å²) in [5.74, 6) is 0.275. The van der Waals surface area contributed by atoms with Gasteiger partial charge in [-0.05, 0) is 53.7 Å². The number of hydrogen-bond acceptors (Lipinski definition) is 2. The van der Waals surface area contributed by atoms with Crippen molar-refractivity contribution in [2.45, 2.75) is 31.7 Å². The van der Waals surface area contributed by atoms with Gasteiger partial charge in [0.25, 0.3) is 0 Å². The van der Waals surface area contributed by atoms with Crippen molar-refractivity contribution >= 4 is 21.6 Å². The van der Waals surface area contributed by atoms with E-state index in [2.05, 4.69) is 33.4 Å². The van der Waals surface area contributed by atoms with E-state index in [1.165, 1.54) is 0 Å². The van der Waals surface area contributed by atoms with E-state index in [0.29, 0.717) is 6.04 Å². The Labute approximate surface area is 105 Å². The summed E-state index contributed by atoms with van der Waals surface area (Å²) in [7, 11) is 0. The predicted molar refractivity (Wildman–Crippen MR) is 69.1 cm³/mol. The van der Waals surface area contributed by atoms with Crippen LogP contribution in [0.5, 0.6) is 0 Å². The fraction of sp³-hybridized carbons (Fsp3) is 0.462. The summed E-state index contributed by atoms with van der Waals surface area (Å²) in [6, 6.07) is 11.1. The molecule has 1 N–H and O–H groups in total. The highest BCUT2D eigenvalue weighted by atomic mass is 79.9. The summed E-state index contributed by atoms with van der Waals surface area (Å²) in [6.07, 6.45) is 4.25. The van der Waals surface area contributed by atoms with E-state index in [9.17, 15) is 0 Å². The molecule has 0 aliphatic heterocycles. The Balaban J connectivity index is 1.93. The topological polar surface area (TPSA) is 35.8 Å². The third kappa shape index (κ3) is 2.76. The van der Waals surface area contributed by atoms with Crippen LogP contribution < -0.4 is 5.32 Å². The Hall–Kier alpha value is -1.01. The molecule has 0 heterocycles. The molecule has 1 aromatic rings. The third-order valence-electron chi connectivity index (χ3n) is 3.14. The van der Waals surface area contributed by atoms with Crippen molar-refractivity contribution in [2.24, 2.45) is 5.92 Å². The van der Waals surface area contributed by atoms with Gasteiger partial charge < -0.3 is 5.32 Å². The van der Waals surface area contributed by atoms with Crippen molar-refractivity contribution in [3.63, 3.8) is 0 Å². The molecule has 3 heteroatoms. The smallest absolute Gasteiger partial charge is 0.0655 e. The largest absolute Gasteiger partial charge is 0.381 e. The van der Waals surface area contributed by atoms with Gasteiger partial charge in [-0.25, -0.2) is 0 Å². The molecule has 0 unspecified atom stereocenters. The van der Waals surface area contributed by atoms with Crippen molar-refractivity contribution in [3.8, 4) is 6.07 Å². The molecule has 0 spiro atoms. The highest BCUT2D eigenvalue weighted by Crippen LogP contribution is 2.28. The van der Waals surface area contributed by atoms with E-state index < -0.39 is 0 Å². The maximum atomic E-state index is 8.83. The van der Waals surface area contributed by atoms with Crippen molar-refractivity contribution < 1.29 is 0 Å². The molecule has 0 saturated heterocycles. The fourth-order valence-corrected chi connectivity index (χ4v) is 2.56. The van der Waals surface area contributed by atoms with E-state index in [4.69, 9.17) is 5.26 Å². The summed E-state index contributed by atoms with van der Waals surface area (Å²) in [5, 5.41) is 12.4. The van der Waals surface area contributed by atoms with E-state index in [-0.39, 0.29) is 5.92 Å². The SMILES string of the molecule is N#CC1CCC(Nc2ccccc2Br)CC1. The summed E-state index contributed by atoms with van der Waals surface area (Å²) < 4.78 is 1.11. The molecule has 1 aliphatic rings. The lowest BCUT2D eigenvalue weighted by Crippen LogP contribution is -2.25. The van der Waals surface area contributed by atoms with Crippen LogP contribution in [0.3, 0.4) is 0 Å². The maximum absolute atomic E-state index is 8.83. The normalized spacial score (nSPS) is 24.8. The van der Waals surface area contributed by atoms with Crippen LogP contribution in [-0.2, 0) is 0 Å². The average Bonchev–Trinajstić information content (AvgIpc) is 2.33. The Kier molecular flexibility index (Phi) is 3.84. The predicted octanol–water partition coefficient (Wildman–Crippen LogP) is 3.94. The Morgan fingerprint density at radius 2 is 1.88 bits per heavy atom. The summed E-state index contributed by atoms with van der Waals surface area (Å²) in [5.41, 5.74) is 1.16. The van der Waals surface area contributed by atoms with E-state index in [0.717, 1.165) is 35.8 Å². The summed E-state index contributed by atoms with van der Waals surface area (Å²) >= 11 is 3.53. The monoisotopic (exact) mass is 278 g/mol. The first-order valence-electron chi connectivity index (χ1n) is 5.70. The Bertz CT molecular complexity index is 389. The van der Waals surface area contributed by atoms with Crippen LogP contribution in [0, 0.1) is 17.2 Å². The summed E-state index contributed by atoms with van der Waals surface area (Å²) in [4.78, 5) is 0. The van der Waals surface area contributed by atoms with Gasteiger partial charge in [0.1, 0.15) is 0 Å². The standard InChI is InChI=1S/C13H15BrN2/c14-12-3-1-2-4-13(12)16-11-7-5-10(9-15)6-8-11/h1-4,10-11,16H,5-8H2. The molecule has 16 heavy (non-hydrogen) atoms. The van der Waals surface area contributed by atoms with Gasteiger partial charge in [-0.15, -0.1) is 0 Å². The van der Waals surface area contributed by atoms with Crippen molar-refractivity contribution in [1.82, 2.24) is 0 Å². The van der Waals surface area contributed by atoms with Crippen LogP contribution in [-0.4, -0.2) is 6.04 Å². The second-order valence-corrected chi connectivity index (χ2v) is 5.16. The number of anilines is 1. The molecule has 0 aromatic heterocycles. The van der Waals surface area contributed by atoms with Crippen LogP contribution in [0.4, 0.5) is 5.69 Å². The number of nitriles is 1. The van der Waals surface area contributed by atoms with Crippen LogP contribution >= 0.6 is 15.9 Å². The number of nitrogens with zero attached hydrogens (tertiary/aromatic N) is 1. The zero-order valence-electron chi connectivity index (χ0n) is 9.12. The van der Waals surface area contributed by atoms with Crippen LogP contribution in [0.15, 0.2) is 28.7 Å². The van der Waals surface area contributed by atoms with Crippen LogP contribution in [0.2, 0.25) is 0 Å². The van der Waals surface area contributed by atoms with E-state index in [1.54, 1.807) is 0 Å². The quantitative estimate of drug-likeness (QED) is 0.889. The number of nitrogens with one attached hydrogen (secondary N) is 1. The minimum atomic E-state index is 0.275. The molecule has 0 amide bonds. The molecule has 0 bridgehead atoms. The van der Waals surface area contributed by atoms with Crippen molar-refractivity contribution in [3.05, 3.63) is 28.7 Å². The van der Waals surface area contributed by atoms with Gasteiger partial charge in [0.15, 0.2) is 0 Å². The fourth-order valence-electron chi connectivity index (χ4n) is 2.17. The second-order valence-electron chi connectivity index (χ2n) is 4.30. The number of hydrogen-bond donors (Lipinski definition) is 1. The molecule has 1 saturated carbocycles. The van der Waals surface area contributed by atoms with Gasteiger partial charge in [0.2, 0.25) is 0 Å². The Morgan fingerprint density at radius 1 is 1.19 bits per heavy atom. The van der Waals surface area contributed by atoms with Gasteiger partial charge >= 0.3 is 0 Å². The number of para-hydroxylation sites is 1. The molecule has 1 fully saturated rings. The zero-order valence-corrected chi connectivity index (χ0v) is 10.7. The second kappa shape index (κ2) is 5.36. The first-order chi connectivity index (χ1) is 7.79. The maximum Gasteiger partial charge on any atom is 0.0655 e. The third-order valence-corrected chi connectivity index (χ3v) is 3.83. The molecule has 2 nitrogen and oxygen atoms in total. The molecule has 1 aromatic carbocycles. The molecular weight excluding hydrogens is 264 g/mol. The number of benzene rings is 1. The first-order valence-corrected chi connectivity index (χ1v) is 6.49. The van der Waals surface area contributed by atoms with Gasteiger partial charge in [-0.2, -0.15) is 5.26 Å². The molecule has 84 valence electrons. The minimum absolute atomic E-state index is 0.275. The van der Waals surface area contributed by atoms with Crippen molar-refractivity contribution in [2.75, 3.05) is 5.32 Å². The van der Waals surface area contributed by atoms with Crippen LogP contribution in [0.1, 0.15) is 25.7 Å². The lowest BCUT2D eigenvalue weighted by atomic mass is 9.87. The minimum Gasteiger partial charge on any atom is -0.381 e.